The molecule has 2 N–H and O–H groups in total. The van der Waals surface area contributed by atoms with Gasteiger partial charge in [0.15, 0.2) is 0 Å². The van der Waals surface area contributed by atoms with Crippen LogP contribution in [0.25, 0.3) is 0 Å². The van der Waals surface area contributed by atoms with Gasteiger partial charge < -0.3 is 5.11 Å². The molecule has 0 aliphatic heterocycles. The number of aromatic hydroxyl groups is 1. The summed E-state index contributed by atoms with van der Waals surface area (Å²) in [6, 6.07) is 9.03. The van der Waals surface area contributed by atoms with Crippen LogP contribution in [0, 0.1) is 12.7 Å². The monoisotopic (exact) mass is 281 g/mol. The maximum absolute atomic E-state index is 12.8. The highest BCUT2D eigenvalue weighted by Crippen LogP contribution is 2.26. The van der Waals surface area contributed by atoms with E-state index in [1.165, 1.54) is 30.3 Å². The van der Waals surface area contributed by atoms with Gasteiger partial charge in [0.05, 0.1) is 10.6 Å². The summed E-state index contributed by atoms with van der Waals surface area (Å²) in [7, 11) is -3.80. The van der Waals surface area contributed by atoms with Gasteiger partial charge in [0.25, 0.3) is 10.0 Å². The van der Waals surface area contributed by atoms with Crippen LogP contribution in [0.2, 0.25) is 0 Å². The largest absolute Gasteiger partial charge is 0.508 e. The Kier molecular flexibility index (Phi) is 3.44. The van der Waals surface area contributed by atoms with E-state index in [0.717, 1.165) is 12.1 Å². The molecule has 2 aromatic carbocycles. The van der Waals surface area contributed by atoms with Crippen molar-refractivity contribution < 1.29 is 17.9 Å². The van der Waals surface area contributed by atoms with Crippen molar-refractivity contribution in [1.82, 2.24) is 0 Å². The molecule has 0 saturated carbocycles. The van der Waals surface area contributed by atoms with Crippen molar-refractivity contribution in [1.29, 1.82) is 0 Å². The Balaban J connectivity index is 2.36. The molecule has 0 spiro atoms. The van der Waals surface area contributed by atoms with E-state index in [4.69, 9.17) is 0 Å². The standard InChI is InChI=1S/C13H12FNO3S/c1-9-12(3-2-4-13(9)16)15-19(17,18)11-7-5-10(14)6-8-11/h2-8,15-16H,1H3. The summed E-state index contributed by atoms with van der Waals surface area (Å²) < 4.78 is 39.2. The van der Waals surface area contributed by atoms with Crippen LogP contribution >= 0.6 is 0 Å². The number of phenols is 1. The number of hydrogen-bond acceptors (Lipinski definition) is 3. The molecule has 0 heterocycles. The van der Waals surface area contributed by atoms with Crippen LogP contribution in [0.5, 0.6) is 5.75 Å². The fourth-order valence-electron chi connectivity index (χ4n) is 1.55. The van der Waals surface area contributed by atoms with Gasteiger partial charge in [-0.1, -0.05) is 6.07 Å². The van der Waals surface area contributed by atoms with Crippen LogP contribution in [0.15, 0.2) is 47.4 Å². The second kappa shape index (κ2) is 4.89. The molecule has 19 heavy (non-hydrogen) atoms. The summed E-state index contributed by atoms with van der Waals surface area (Å²) in [5, 5.41) is 9.52. The van der Waals surface area contributed by atoms with Crippen molar-refractivity contribution in [2.24, 2.45) is 0 Å². The van der Waals surface area contributed by atoms with Crippen molar-refractivity contribution >= 4 is 15.7 Å². The number of nitrogens with one attached hydrogen (secondary N) is 1. The number of rotatable bonds is 3. The van der Waals surface area contributed by atoms with Gasteiger partial charge in [-0.25, -0.2) is 12.8 Å². The van der Waals surface area contributed by atoms with Gasteiger partial charge in [-0.05, 0) is 43.3 Å². The Morgan fingerprint density at radius 3 is 2.37 bits per heavy atom. The summed E-state index contributed by atoms with van der Waals surface area (Å²) in [5.74, 6) is -0.508. The zero-order valence-electron chi connectivity index (χ0n) is 10.1. The summed E-state index contributed by atoms with van der Waals surface area (Å²) in [6.45, 7) is 1.60. The summed E-state index contributed by atoms with van der Waals surface area (Å²) in [5.41, 5.74) is 0.706. The van der Waals surface area contributed by atoms with Crippen molar-refractivity contribution in [2.75, 3.05) is 4.72 Å². The average molecular weight is 281 g/mol. The molecule has 0 radical (unpaired) electrons. The Labute approximate surface area is 110 Å². The highest BCUT2D eigenvalue weighted by Gasteiger charge is 2.15. The van der Waals surface area contributed by atoms with Gasteiger partial charge in [-0.3, -0.25) is 4.72 Å². The third-order valence-electron chi connectivity index (χ3n) is 2.67. The molecule has 0 saturated heterocycles. The van der Waals surface area contributed by atoms with Crippen LogP contribution in [-0.4, -0.2) is 13.5 Å². The first-order valence-corrected chi connectivity index (χ1v) is 6.95. The Bertz CT molecular complexity index is 696. The van der Waals surface area contributed by atoms with Gasteiger partial charge in [-0.2, -0.15) is 0 Å². The lowest BCUT2D eigenvalue weighted by molar-refractivity contribution is 0.471. The van der Waals surface area contributed by atoms with E-state index in [0.29, 0.717) is 5.56 Å². The minimum Gasteiger partial charge on any atom is -0.508 e. The molecule has 6 heteroatoms. The molecule has 100 valence electrons. The molecular weight excluding hydrogens is 269 g/mol. The van der Waals surface area contributed by atoms with E-state index in [9.17, 15) is 17.9 Å². The molecule has 2 aromatic rings. The molecular formula is C13H12FNO3S. The van der Waals surface area contributed by atoms with Crippen molar-refractivity contribution in [3.63, 3.8) is 0 Å². The van der Waals surface area contributed by atoms with Gasteiger partial charge in [0.2, 0.25) is 0 Å². The number of benzene rings is 2. The van der Waals surface area contributed by atoms with Crippen LogP contribution in [-0.2, 0) is 10.0 Å². The van der Waals surface area contributed by atoms with Crippen LogP contribution in [0.4, 0.5) is 10.1 Å². The van der Waals surface area contributed by atoms with Crippen LogP contribution in [0.1, 0.15) is 5.56 Å². The summed E-state index contributed by atoms with van der Waals surface area (Å²) >= 11 is 0. The van der Waals surface area contributed by atoms with E-state index < -0.39 is 15.8 Å². The first kappa shape index (κ1) is 13.4. The molecule has 0 fully saturated rings. The number of anilines is 1. The van der Waals surface area contributed by atoms with Crippen LogP contribution in [0.3, 0.4) is 0 Å². The minimum absolute atomic E-state index is 0.000642. The number of phenolic OH excluding ortho intramolecular Hbond substituents is 1. The molecule has 0 bridgehead atoms. The van der Waals surface area contributed by atoms with Gasteiger partial charge in [-0.15, -0.1) is 0 Å². The zero-order valence-corrected chi connectivity index (χ0v) is 10.9. The lowest BCUT2D eigenvalue weighted by Crippen LogP contribution is -2.13. The van der Waals surface area contributed by atoms with E-state index in [2.05, 4.69) is 4.72 Å². The second-order valence-electron chi connectivity index (χ2n) is 4.01. The first-order valence-electron chi connectivity index (χ1n) is 5.47. The maximum Gasteiger partial charge on any atom is 0.261 e. The lowest BCUT2D eigenvalue weighted by Gasteiger charge is -2.11. The number of hydrogen-bond donors (Lipinski definition) is 2. The minimum atomic E-state index is -3.80. The Hall–Kier alpha value is -2.08. The predicted molar refractivity (Wildman–Crippen MR) is 70.1 cm³/mol. The quantitative estimate of drug-likeness (QED) is 0.909. The van der Waals surface area contributed by atoms with E-state index >= 15 is 0 Å². The smallest absolute Gasteiger partial charge is 0.261 e. The molecule has 2 rings (SSSR count). The first-order chi connectivity index (χ1) is 8.90. The highest BCUT2D eigenvalue weighted by molar-refractivity contribution is 7.92. The van der Waals surface area contributed by atoms with Crippen molar-refractivity contribution in [3.05, 3.63) is 53.8 Å². The summed E-state index contributed by atoms with van der Waals surface area (Å²) in [6.07, 6.45) is 0. The lowest BCUT2D eigenvalue weighted by atomic mass is 10.2. The highest BCUT2D eigenvalue weighted by atomic mass is 32.2. The summed E-state index contributed by atoms with van der Waals surface area (Å²) in [4.78, 5) is -0.0448. The third kappa shape index (κ3) is 2.85. The Morgan fingerprint density at radius 1 is 1.11 bits per heavy atom. The van der Waals surface area contributed by atoms with E-state index in [-0.39, 0.29) is 16.3 Å². The van der Waals surface area contributed by atoms with Gasteiger partial charge in [0.1, 0.15) is 11.6 Å². The number of sulfonamides is 1. The topological polar surface area (TPSA) is 66.4 Å². The van der Waals surface area contributed by atoms with Crippen molar-refractivity contribution in [2.45, 2.75) is 11.8 Å². The Morgan fingerprint density at radius 2 is 1.74 bits per heavy atom. The van der Waals surface area contributed by atoms with E-state index in [1.54, 1.807) is 6.92 Å². The fourth-order valence-corrected chi connectivity index (χ4v) is 2.67. The molecule has 0 aliphatic carbocycles. The zero-order chi connectivity index (χ0) is 14.0. The molecule has 4 nitrogen and oxygen atoms in total. The fraction of sp³-hybridized carbons (Fsp3) is 0.0769. The van der Waals surface area contributed by atoms with Gasteiger partial charge in [0, 0.05) is 5.56 Å². The van der Waals surface area contributed by atoms with Gasteiger partial charge >= 0.3 is 0 Å². The molecule has 0 aliphatic rings. The average Bonchev–Trinajstić information content (AvgIpc) is 2.35. The molecule has 0 aromatic heterocycles. The third-order valence-corrected chi connectivity index (χ3v) is 4.05. The maximum atomic E-state index is 12.8. The van der Waals surface area contributed by atoms with Crippen molar-refractivity contribution in [3.8, 4) is 5.75 Å². The molecule has 0 amide bonds. The predicted octanol–water partition coefficient (Wildman–Crippen LogP) is 2.64. The SMILES string of the molecule is Cc1c(O)cccc1NS(=O)(=O)c1ccc(F)cc1. The molecule has 0 atom stereocenters. The molecule has 0 unspecified atom stereocenters. The second-order valence-corrected chi connectivity index (χ2v) is 5.69. The number of halogens is 1. The normalized spacial score (nSPS) is 11.3. The van der Waals surface area contributed by atoms with E-state index in [1.807, 2.05) is 0 Å². The van der Waals surface area contributed by atoms with Crippen LogP contribution < -0.4 is 4.72 Å².